The van der Waals surface area contributed by atoms with E-state index in [1.165, 1.54) is 0 Å². The van der Waals surface area contributed by atoms with Crippen molar-refractivity contribution in [2.75, 3.05) is 5.32 Å². The number of terminal acetylenes is 1. The Morgan fingerprint density at radius 3 is 2.31 bits per heavy atom. The first-order valence-electron chi connectivity index (χ1n) is 4.05. The predicted molar refractivity (Wildman–Crippen MR) is 60.7 cm³/mol. The Bertz CT molecular complexity index is 319. The van der Waals surface area contributed by atoms with Gasteiger partial charge in [-0.25, -0.2) is 0 Å². The molecule has 0 aromatic heterocycles. The first-order chi connectivity index (χ1) is 6.03. The lowest BCUT2D eigenvalue weighted by Gasteiger charge is -2.20. The predicted octanol–water partition coefficient (Wildman–Crippen LogP) is 3.27. The minimum absolute atomic E-state index is 0.298. The van der Waals surface area contributed by atoms with E-state index in [0.29, 0.717) is 0 Å². The molecule has 1 N–H and O–H groups in total. The molecule has 0 saturated carbocycles. The fourth-order valence-electron chi connectivity index (χ4n) is 0.930. The standard InChI is InChI=1S/C11H12BrN/c1-4-11(2,3)13-10-7-5-9(12)6-8-10/h1,5-8,13H,2-3H3. The largest absolute Gasteiger partial charge is 0.370 e. The van der Waals surface area contributed by atoms with Crippen molar-refractivity contribution in [2.24, 2.45) is 0 Å². The van der Waals surface area contributed by atoms with E-state index in [2.05, 4.69) is 27.2 Å². The Kier molecular flexibility index (Phi) is 3.00. The molecule has 1 aromatic carbocycles. The van der Waals surface area contributed by atoms with Crippen LogP contribution in [0.15, 0.2) is 28.7 Å². The maximum absolute atomic E-state index is 5.36. The van der Waals surface area contributed by atoms with Crippen molar-refractivity contribution < 1.29 is 0 Å². The molecular weight excluding hydrogens is 226 g/mol. The fraction of sp³-hybridized carbons (Fsp3) is 0.273. The van der Waals surface area contributed by atoms with E-state index in [9.17, 15) is 0 Å². The summed E-state index contributed by atoms with van der Waals surface area (Å²) < 4.78 is 1.07. The Labute approximate surface area is 87.7 Å². The average Bonchev–Trinajstić information content (AvgIpc) is 2.09. The monoisotopic (exact) mass is 237 g/mol. The van der Waals surface area contributed by atoms with Gasteiger partial charge in [0.1, 0.15) is 0 Å². The van der Waals surface area contributed by atoms with Gasteiger partial charge < -0.3 is 5.32 Å². The van der Waals surface area contributed by atoms with Crippen molar-refractivity contribution in [1.82, 2.24) is 0 Å². The molecule has 0 aliphatic carbocycles. The van der Waals surface area contributed by atoms with Crippen molar-refractivity contribution in [2.45, 2.75) is 19.4 Å². The summed E-state index contributed by atoms with van der Waals surface area (Å²) in [6.07, 6.45) is 5.36. The van der Waals surface area contributed by atoms with Gasteiger partial charge in [0.25, 0.3) is 0 Å². The molecule has 1 aromatic rings. The van der Waals surface area contributed by atoms with Gasteiger partial charge in [-0.05, 0) is 38.1 Å². The van der Waals surface area contributed by atoms with Crippen LogP contribution in [0.2, 0.25) is 0 Å². The van der Waals surface area contributed by atoms with Crippen LogP contribution in [0.25, 0.3) is 0 Å². The van der Waals surface area contributed by atoms with Crippen molar-refractivity contribution in [1.29, 1.82) is 0 Å². The van der Waals surface area contributed by atoms with E-state index in [1.54, 1.807) is 0 Å². The number of hydrogen-bond donors (Lipinski definition) is 1. The van der Waals surface area contributed by atoms with Crippen LogP contribution in [-0.2, 0) is 0 Å². The van der Waals surface area contributed by atoms with Crippen LogP contribution in [0, 0.1) is 12.3 Å². The maximum Gasteiger partial charge on any atom is 0.0927 e. The lowest BCUT2D eigenvalue weighted by molar-refractivity contribution is 0.742. The van der Waals surface area contributed by atoms with Gasteiger partial charge >= 0.3 is 0 Å². The van der Waals surface area contributed by atoms with E-state index in [-0.39, 0.29) is 5.54 Å². The summed E-state index contributed by atoms with van der Waals surface area (Å²) in [5.41, 5.74) is 0.736. The lowest BCUT2D eigenvalue weighted by atomic mass is 10.1. The van der Waals surface area contributed by atoms with E-state index < -0.39 is 0 Å². The lowest BCUT2D eigenvalue weighted by Crippen LogP contribution is -2.28. The van der Waals surface area contributed by atoms with E-state index in [4.69, 9.17) is 6.42 Å². The second-order valence-corrected chi connectivity index (χ2v) is 4.32. The topological polar surface area (TPSA) is 12.0 Å². The summed E-state index contributed by atoms with van der Waals surface area (Å²) in [6, 6.07) is 7.94. The summed E-state index contributed by atoms with van der Waals surface area (Å²) in [5, 5.41) is 3.24. The zero-order valence-electron chi connectivity index (χ0n) is 7.76. The zero-order valence-corrected chi connectivity index (χ0v) is 9.35. The summed E-state index contributed by atoms with van der Waals surface area (Å²) in [6.45, 7) is 3.93. The SMILES string of the molecule is C#CC(C)(C)Nc1ccc(Br)cc1. The molecule has 0 saturated heterocycles. The molecule has 0 atom stereocenters. The van der Waals surface area contributed by atoms with E-state index in [0.717, 1.165) is 10.2 Å². The Morgan fingerprint density at radius 2 is 1.85 bits per heavy atom. The van der Waals surface area contributed by atoms with Crippen LogP contribution in [-0.4, -0.2) is 5.54 Å². The highest BCUT2D eigenvalue weighted by atomic mass is 79.9. The summed E-state index contributed by atoms with van der Waals surface area (Å²) in [4.78, 5) is 0. The van der Waals surface area contributed by atoms with Gasteiger partial charge in [0.05, 0.1) is 5.54 Å². The van der Waals surface area contributed by atoms with Gasteiger partial charge in [-0.15, -0.1) is 6.42 Å². The van der Waals surface area contributed by atoms with Gasteiger partial charge in [-0.2, -0.15) is 0 Å². The molecule has 0 radical (unpaired) electrons. The molecule has 0 bridgehead atoms. The van der Waals surface area contributed by atoms with Crippen LogP contribution >= 0.6 is 15.9 Å². The minimum atomic E-state index is -0.298. The molecule has 68 valence electrons. The number of hydrogen-bond acceptors (Lipinski definition) is 1. The van der Waals surface area contributed by atoms with Crippen LogP contribution in [0.5, 0.6) is 0 Å². The number of rotatable bonds is 2. The molecule has 1 rings (SSSR count). The van der Waals surface area contributed by atoms with Gasteiger partial charge in [0, 0.05) is 10.2 Å². The maximum atomic E-state index is 5.36. The highest BCUT2D eigenvalue weighted by Gasteiger charge is 2.12. The first kappa shape index (κ1) is 10.1. The second kappa shape index (κ2) is 3.85. The smallest absolute Gasteiger partial charge is 0.0927 e. The quantitative estimate of drug-likeness (QED) is 0.779. The Balaban J connectivity index is 2.77. The van der Waals surface area contributed by atoms with E-state index in [1.807, 2.05) is 38.1 Å². The summed E-state index contributed by atoms with van der Waals surface area (Å²) in [7, 11) is 0. The number of nitrogens with one attached hydrogen (secondary N) is 1. The third-order valence-electron chi connectivity index (χ3n) is 1.66. The zero-order chi connectivity index (χ0) is 9.90. The van der Waals surface area contributed by atoms with Gasteiger partial charge in [-0.1, -0.05) is 21.9 Å². The highest BCUT2D eigenvalue weighted by molar-refractivity contribution is 9.10. The molecular formula is C11H12BrN. The van der Waals surface area contributed by atoms with Crippen LogP contribution in [0.1, 0.15) is 13.8 Å². The first-order valence-corrected chi connectivity index (χ1v) is 4.84. The molecule has 0 amide bonds. The highest BCUT2D eigenvalue weighted by Crippen LogP contribution is 2.17. The minimum Gasteiger partial charge on any atom is -0.370 e. The normalized spacial score (nSPS) is 10.6. The average molecular weight is 238 g/mol. The molecule has 0 aliphatic rings. The van der Waals surface area contributed by atoms with Crippen LogP contribution < -0.4 is 5.32 Å². The van der Waals surface area contributed by atoms with Gasteiger partial charge in [0.15, 0.2) is 0 Å². The van der Waals surface area contributed by atoms with Crippen molar-refractivity contribution in [3.8, 4) is 12.3 Å². The molecule has 0 spiro atoms. The molecule has 0 unspecified atom stereocenters. The third-order valence-corrected chi connectivity index (χ3v) is 2.19. The molecule has 0 aliphatic heterocycles. The second-order valence-electron chi connectivity index (χ2n) is 3.40. The van der Waals surface area contributed by atoms with E-state index >= 15 is 0 Å². The Hall–Kier alpha value is -0.940. The molecule has 0 heterocycles. The van der Waals surface area contributed by atoms with Crippen molar-refractivity contribution >= 4 is 21.6 Å². The third kappa shape index (κ3) is 3.12. The van der Waals surface area contributed by atoms with Crippen LogP contribution in [0.3, 0.4) is 0 Å². The van der Waals surface area contributed by atoms with Gasteiger partial charge in [-0.3, -0.25) is 0 Å². The summed E-state index contributed by atoms with van der Waals surface area (Å²) >= 11 is 3.37. The van der Waals surface area contributed by atoms with Crippen molar-refractivity contribution in [3.63, 3.8) is 0 Å². The molecule has 13 heavy (non-hydrogen) atoms. The Morgan fingerprint density at radius 1 is 1.31 bits per heavy atom. The van der Waals surface area contributed by atoms with Gasteiger partial charge in [0.2, 0.25) is 0 Å². The van der Waals surface area contributed by atoms with Crippen LogP contribution in [0.4, 0.5) is 5.69 Å². The summed E-state index contributed by atoms with van der Waals surface area (Å²) in [5.74, 6) is 2.68. The molecule has 1 nitrogen and oxygen atoms in total. The number of anilines is 1. The molecule has 2 heteroatoms. The fourth-order valence-corrected chi connectivity index (χ4v) is 1.19. The number of halogens is 1. The number of benzene rings is 1. The molecule has 0 fully saturated rings. The van der Waals surface area contributed by atoms with Crippen molar-refractivity contribution in [3.05, 3.63) is 28.7 Å².